The molecule has 0 amide bonds. The van der Waals surface area contributed by atoms with Crippen molar-refractivity contribution in [2.45, 2.75) is 65.5 Å². The van der Waals surface area contributed by atoms with E-state index >= 15 is 0 Å². The number of pyridine rings is 1. The lowest BCUT2D eigenvalue weighted by molar-refractivity contribution is -0.143. The Hall–Kier alpha value is -3.90. The van der Waals surface area contributed by atoms with Crippen molar-refractivity contribution in [2.75, 3.05) is 19.8 Å². The van der Waals surface area contributed by atoms with Gasteiger partial charge < -0.3 is 23.7 Å². The highest BCUT2D eigenvalue weighted by molar-refractivity contribution is 7.17. The van der Waals surface area contributed by atoms with Gasteiger partial charge in [-0.25, -0.2) is 4.98 Å². The second-order valence-corrected chi connectivity index (χ2v) is 11.8. The highest BCUT2D eigenvalue weighted by atomic mass is 32.1. The van der Waals surface area contributed by atoms with Crippen molar-refractivity contribution in [3.63, 3.8) is 0 Å². The van der Waals surface area contributed by atoms with Gasteiger partial charge in [0.1, 0.15) is 25.1 Å². The van der Waals surface area contributed by atoms with Gasteiger partial charge in [0.05, 0.1) is 25.6 Å². The predicted octanol–water partition coefficient (Wildman–Crippen LogP) is 7.44. The van der Waals surface area contributed by atoms with Crippen molar-refractivity contribution in [1.29, 1.82) is 0 Å². The molecular formula is C35H37NO6S. The number of hydrogen-bond acceptors (Lipinski definition) is 8. The number of thiophene rings is 1. The van der Waals surface area contributed by atoms with Crippen molar-refractivity contribution in [3.05, 3.63) is 76.8 Å². The third-order valence-electron chi connectivity index (χ3n) is 7.17. The number of aryl methyl sites for hydroxylation is 1. The van der Waals surface area contributed by atoms with Crippen molar-refractivity contribution in [3.8, 4) is 34.6 Å². The number of esters is 1. The zero-order chi connectivity index (χ0) is 30.4. The van der Waals surface area contributed by atoms with E-state index in [1.807, 2.05) is 32.0 Å². The summed E-state index contributed by atoms with van der Waals surface area (Å²) in [5.41, 5.74) is 5.40. The first-order chi connectivity index (χ1) is 20.7. The summed E-state index contributed by atoms with van der Waals surface area (Å²) in [4.78, 5) is 16.5. The predicted molar refractivity (Wildman–Crippen MR) is 168 cm³/mol. The maximum absolute atomic E-state index is 12.0. The van der Waals surface area contributed by atoms with Crippen molar-refractivity contribution >= 4 is 27.4 Å². The highest BCUT2D eigenvalue weighted by Gasteiger charge is 2.33. The lowest BCUT2D eigenvalue weighted by atomic mass is 9.98. The van der Waals surface area contributed by atoms with Gasteiger partial charge in [0.25, 0.3) is 0 Å². The van der Waals surface area contributed by atoms with Crippen LogP contribution >= 0.6 is 11.3 Å². The molecule has 0 bridgehead atoms. The largest absolute Gasteiger partial charge is 0.491 e. The van der Waals surface area contributed by atoms with E-state index < -0.39 is 5.79 Å². The lowest BCUT2D eigenvalue weighted by Crippen LogP contribution is -2.25. The Morgan fingerprint density at radius 1 is 1.14 bits per heavy atom. The Kier molecular flexibility index (Phi) is 9.66. The van der Waals surface area contributed by atoms with Gasteiger partial charge in [-0.15, -0.1) is 17.3 Å². The monoisotopic (exact) mass is 599 g/mol. The second kappa shape index (κ2) is 13.6. The molecule has 1 aliphatic rings. The number of carbonyl (C=O) groups excluding carboxylic acids is 1. The SMILES string of the molecule is CC#CC(CC(=O)OCC)c1ccc(OCc2ccc3scc(-c4ccc(OCC5COC(C)(C)O5)cc4C)c3c2)nc1. The number of nitrogens with zero attached hydrogens (tertiary/aromatic N) is 1. The van der Waals surface area contributed by atoms with Crippen LogP contribution in [0, 0.1) is 18.8 Å². The summed E-state index contributed by atoms with van der Waals surface area (Å²) in [6.45, 7) is 11.2. The minimum absolute atomic E-state index is 0.0758. The van der Waals surface area contributed by atoms with E-state index in [-0.39, 0.29) is 24.4 Å². The first-order valence-corrected chi connectivity index (χ1v) is 15.3. The minimum atomic E-state index is -0.557. The molecule has 7 nitrogen and oxygen atoms in total. The van der Waals surface area contributed by atoms with Crippen LogP contribution in [-0.2, 0) is 25.6 Å². The van der Waals surface area contributed by atoms with E-state index in [4.69, 9.17) is 23.7 Å². The topological polar surface area (TPSA) is 76.1 Å². The summed E-state index contributed by atoms with van der Waals surface area (Å²) < 4.78 is 29.8. The number of rotatable bonds is 11. The van der Waals surface area contributed by atoms with Crippen LogP contribution in [0.25, 0.3) is 21.2 Å². The van der Waals surface area contributed by atoms with Gasteiger partial charge in [-0.1, -0.05) is 24.1 Å². The molecule has 2 atom stereocenters. The Morgan fingerprint density at radius 3 is 2.70 bits per heavy atom. The lowest BCUT2D eigenvalue weighted by Gasteiger charge is -2.17. The molecule has 1 saturated heterocycles. The van der Waals surface area contributed by atoms with Crippen LogP contribution in [0.5, 0.6) is 11.6 Å². The molecule has 4 aromatic rings. The molecule has 5 rings (SSSR count). The van der Waals surface area contributed by atoms with Gasteiger partial charge in [-0.3, -0.25) is 4.79 Å². The van der Waals surface area contributed by atoms with Crippen LogP contribution in [-0.4, -0.2) is 42.7 Å². The molecule has 8 heteroatoms. The molecule has 43 heavy (non-hydrogen) atoms. The fraction of sp³-hybridized carbons (Fsp3) is 0.371. The molecule has 0 spiro atoms. The maximum atomic E-state index is 12.0. The van der Waals surface area contributed by atoms with Crippen LogP contribution in [0.4, 0.5) is 0 Å². The first-order valence-electron chi connectivity index (χ1n) is 14.5. The van der Waals surface area contributed by atoms with Gasteiger partial charge in [0.2, 0.25) is 5.88 Å². The van der Waals surface area contributed by atoms with Crippen LogP contribution in [0.2, 0.25) is 0 Å². The average Bonchev–Trinajstić information content (AvgIpc) is 3.57. The Bertz CT molecular complexity index is 1630. The molecule has 3 heterocycles. The quantitative estimate of drug-likeness (QED) is 0.131. The summed E-state index contributed by atoms with van der Waals surface area (Å²) in [6.07, 6.45) is 1.83. The Morgan fingerprint density at radius 2 is 2.00 bits per heavy atom. The normalized spacial score (nSPS) is 16.3. The average molecular weight is 600 g/mol. The smallest absolute Gasteiger partial charge is 0.307 e. The summed E-state index contributed by atoms with van der Waals surface area (Å²) in [5, 5.41) is 3.39. The summed E-state index contributed by atoms with van der Waals surface area (Å²) >= 11 is 1.73. The highest BCUT2D eigenvalue weighted by Crippen LogP contribution is 2.37. The van der Waals surface area contributed by atoms with E-state index in [0.717, 1.165) is 22.4 Å². The van der Waals surface area contributed by atoms with Crippen molar-refractivity contribution in [2.24, 2.45) is 0 Å². The number of hydrogen-bond donors (Lipinski definition) is 0. The van der Waals surface area contributed by atoms with E-state index in [2.05, 4.69) is 59.5 Å². The van der Waals surface area contributed by atoms with Crippen molar-refractivity contribution in [1.82, 2.24) is 4.98 Å². The maximum Gasteiger partial charge on any atom is 0.307 e. The van der Waals surface area contributed by atoms with E-state index in [1.165, 1.54) is 21.2 Å². The fourth-order valence-electron chi connectivity index (χ4n) is 5.09. The number of fused-ring (bicyclic) bond motifs is 1. The fourth-order valence-corrected chi connectivity index (χ4v) is 6.03. The summed E-state index contributed by atoms with van der Waals surface area (Å²) in [7, 11) is 0. The van der Waals surface area contributed by atoms with Gasteiger partial charge in [0.15, 0.2) is 5.79 Å². The van der Waals surface area contributed by atoms with Gasteiger partial charge >= 0.3 is 5.97 Å². The Balaban J connectivity index is 1.24. The van der Waals surface area contributed by atoms with Crippen LogP contribution in [0.3, 0.4) is 0 Å². The molecule has 1 fully saturated rings. The van der Waals surface area contributed by atoms with Crippen LogP contribution in [0.15, 0.2) is 60.1 Å². The van der Waals surface area contributed by atoms with Gasteiger partial charge in [-0.2, -0.15) is 0 Å². The molecule has 2 aromatic carbocycles. The molecule has 2 unspecified atom stereocenters. The molecule has 0 N–H and O–H groups in total. The molecule has 224 valence electrons. The molecule has 0 radical (unpaired) electrons. The van der Waals surface area contributed by atoms with E-state index in [0.29, 0.717) is 32.3 Å². The molecular weight excluding hydrogens is 562 g/mol. The van der Waals surface area contributed by atoms with Crippen LogP contribution < -0.4 is 9.47 Å². The first kappa shape index (κ1) is 30.6. The third-order valence-corrected chi connectivity index (χ3v) is 8.14. The zero-order valence-corrected chi connectivity index (χ0v) is 26.1. The minimum Gasteiger partial charge on any atom is -0.491 e. The molecule has 0 saturated carbocycles. The molecule has 0 aliphatic carbocycles. The summed E-state index contributed by atoms with van der Waals surface area (Å²) in [6, 6.07) is 16.3. The zero-order valence-electron chi connectivity index (χ0n) is 25.3. The number of benzene rings is 2. The van der Waals surface area contributed by atoms with Crippen LogP contribution in [0.1, 0.15) is 56.7 Å². The number of aromatic nitrogens is 1. The summed E-state index contributed by atoms with van der Waals surface area (Å²) in [5.74, 6) is 6.21. The van der Waals surface area contributed by atoms with E-state index in [9.17, 15) is 4.79 Å². The number of carbonyl (C=O) groups is 1. The Labute approximate surface area is 257 Å². The second-order valence-electron chi connectivity index (χ2n) is 10.9. The van der Waals surface area contributed by atoms with Gasteiger partial charge in [0, 0.05) is 27.9 Å². The van der Waals surface area contributed by atoms with E-state index in [1.54, 1.807) is 31.4 Å². The molecule has 2 aromatic heterocycles. The van der Waals surface area contributed by atoms with Gasteiger partial charge in [-0.05, 0) is 86.5 Å². The third kappa shape index (κ3) is 7.74. The number of ether oxygens (including phenoxy) is 5. The molecule has 1 aliphatic heterocycles. The van der Waals surface area contributed by atoms with Crippen molar-refractivity contribution < 1.29 is 28.5 Å². The standard InChI is InChI=1S/C35H37NO6S/c1-6-8-25(17-34(37)38-7-2)26-10-14-33(36-18-26)40-19-24-9-13-32-30(16-24)31(22-43-32)29-12-11-27(15-23(29)3)39-20-28-21-41-35(4,5)42-28/h9-16,18,22,25,28H,7,17,19-21H2,1-5H3.